The number of benzene rings is 1. The van der Waals surface area contributed by atoms with Crippen molar-refractivity contribution in [3.8, 4) is 11.3 Å². The minimum absolute atomic E-state index is 0.112. The standard InChI is InChI=1S/C17H19N3O2/c18-16(21)11-5-7-17(22,8-6-11)15-13-4-2-1-3-12(13)14-9-19-10-20(14)15/h1-4,9-11,15,22H,5-8H2,(H2,18,21)/t11?,15-,17?/m0/s1. The van der Waals surface area contributed by atoms with Crippen LogP contribution in [0.25, 0.3) is 11.3 Å². The third kappa shape index (κ3) is 1.82. The number of hydrogen-bond donors (Lipinski definition) is 2. The third-order valence-electron chi connectivity index (χ3n) is 5.24. The predicted molar refractivity (Wildman–Crippen MR) is 81.9 cm³/mol. The topological polar surface area (TPSA) is 81.1 Å². The van der Waals surface area contributed by atoms with Gasteiger partial charge in [0.05, 0.1) is 29.9 Å². The Labute approximate surface area is 128 Å². The zero-order valence-corrected chi connectivity index (χ0v) is 12.3. The highest BCUT2D eigenvalue weighted by Gasteiger charge is 2.46. The zero-order chi connectivity index (χ0) is 15.3. The summed E-state index contributed by atoms with van der Waals surface area (Å²) in [7, 11) is 0. The quantitative estimate of drug-likeness (QED) is 0.887. The number of primary amides is 1. The van der Waals surface area contributed by atoms with Gasteiger partial charge < -0.3 is 15.4 Å². The maximum atomic E-state index is 11.4. The van der Waals surface area contributed by atoms with Crippen molar-refractivity contribution in [2.24, 2.45) is 11.7 Å². The highest BCUT2D eigenvalue weighted by Crippen LogP contribution is 2.49. The lowest BCUT2D eigenvalue weighted by atomic mass is 9.73. The van der Waals surface area contributed by atoms with E-state index in [1.54, 1.807) is 6.33 Å². The fourth-order valence-corrected chi connectivity index (χ4v) is 4.06. The number of aliphatic hydroxyl groups is 1. The van der Waals surface area contributed by atoms with Crippen LogP contribution in [0.2, 0.25) is 0 Å². The summed E-state index contributed by atoms with van der Waals surface area (Å²) >= 11 is 0. The molecule has 114 valence electrons. The summed E-state index contributed by atoms with van der Waals surface area (Å²) < 4.78 is 2.06. The maximum absolute atomic E-state index is 11.4. The summed E-state index contributed by atoms with van der Waals surface area (Å²) in [5.41, 5.74) is 7.88. The molecule has 1 amide bonds. The number of carbonyl (C=O) groups is 1. The van der Waals surface area contributed by atoms with Gasteiger partial charge >= 0.3 is 0 Å². The monoisotopic (exact) mass is 297 g/mol. The summed E-state index contributed by atoms with van der Waals surface area (Å²) in [6.07, 6.45) is 6.09. The van der Waals surface area contributed by atoms with Crippen LogP contribution in [0, 0.1) is 5.92 Å². The van der Waals surface area contributed by atoms with Gasteiger partial charge in [0.1, 0.15) is 0 Å². The first kappa shape index (κ1) is 13.5. The maximum Gasteiger partial charge on any atom is 0.220 e. The van der Waals surface area contributed by atoms with Gasteiger partial charge in [-0.05, 0) is 31.2 Å². The second kappa shape index (κ2) is 4.68. The molecule has 2 aromatic rings. The van der Waals surface area contributed by atoms with Crippen molar-refractivity contribution in [2.75, 3.05) is 0 Å². The molecule has 2 aliphatic rings. The second-order valence-electron chi connectivity index (χ2n) is 6.46. The second-order valence-corrected chi connectivity index (χ2v) is 6.46. The molecule has 1 fully saturated rings. The molecule has 5 nitrogen and oxygen atoms in total. The van der Waals surface area contributed by atoms with Gasteiger partial charge in [0.2, 0.25) is 5.91 Å². The number of carbonyl (C=O) groups excluding carboxylic acids is 1. The molecule has 1 aliphatic carbocycles. The SMILES string of the molecule is NC(=O)C1CCC(O)([C@@H]2c3ccccc3-c3cncn32)CC1. The number of nitrogens with two attached hydrogens (primary N) is 1. The minimum atomic E-state index is -0.853. The molecule has 22 heavy (non-hydrogen) atoms. The summed E-state index contributed by atoms with van der Waals surface area (Å²) in [6.45, 7) is 0. The lowest BCUT2D eigenvalue weighted by Gasteiger charge is -2.40. The third-order valence-corrected chi connectivity index (χ3v) is 5.24. The largest absolute Gasteiger partial charge is 0.387 e. The van der Waals surface area contributed by atoms with Crippen molar-refractivity contribution >= 4 is 5.91 Å². The Balaban J connectivity index is 1.73. The van der Waals surface area contributed by atoms with E-state index in [2.05, 4.69) is 21.7 Å². The summed E-state index contributed by atoms with van der Waals surface area (Å²) in [5, 5.41) is 11.3. The molecule has 3 N–H and O–H groups in total. The Morgan fingerprint density at radius 2 is 2.05 bits per heavy atom. The Morgan fingerprint density at radius 1 is 1.32 bits per heavy atom. The van der Waals surface area contributed by atoms with Gasteiger partial charge in [-0.3, -0.25) is 4.79 Å². The lowest BCUT2D eigenvalue weighted by molar-refractivity contribution is -0.125. The number of aromatic nitrogens is 2. The summed E-state index contributed by atoms with van der Waals surface area (Å²) in [6, 6.07) is 8.03. The van der Waals surface area contributed by atoms with E-state index in [1.165, 1.54) is 0 Å². The number of fused-ring (bicyclic) bond motifs is 3. The van der Waals surface area contributed by atoms with Crippen molar-refractivity contribution in [1.29, 1.82) is 0 Å². The van der Waals surface area contributed by atoms with Crippen LogP contribution in [0.5, 0.6) is 0 Å². The van der Waals surface area contributed by atoms with Crippen LogP contribution >= 0.6 is 0 Å². The Kier molecular flexibility index (Phi) is 2.87. The van der Waals surface area contributed by atoms with Crippen LogP contribution in [-0.2, 0) is 4.79 Å². The molecule has 1 aromatic heterocycles. The molecule has 0 saturated heterocycles. The van der Waals surface area contributed by atoms with Gasteiger partial charge in [-0.1, -0.05) is 24.3 Å². The molecule has 1 saturated carbocycles. The Hall–Kier alpha value is -2.14. The molecule has 1 atom stereocenters. The van der Waals surface area contributed by atoms with E-state index >= 15 is 0 Å². The number of hydrogen-bond acceptors (Lipinski definition) is 3. The molecule has 5 heteroatoms. The van der Waals surface area contributed by atoms with Crippen LogP contribution < -0.4 is 5.73 Å². The van der Waals surface area contributed by atoms with E-state index in [4.69, 9.17) is 5.73 Å². The fourth-order valence-electron chi connectivity index (χ4n) is 4.06. The van der Waals surface area contributed by atoms with Crippen molar-refractivity contribution in [1.82, 2.24) is 9.55 Å². The van der Waals surface area contributed by atoms with Crippen molar-refractivity contribution in [3.05, 3.63) is 42.4 Å². The molecule has 0 unspecified atom stereocenters. The summed E-state index contributed by atoms with van der Waals surface area (Å²) in [4.78, 5) is 15.6. The normalized spacial score (nSPS) is 29.9. The molecule has 0 bridgehead atoms. The van der Waals surface area contributed by atoms with Crippen molar-refractivity contribution in [2.45, 2.75) is 37.3 Å². The molecular formula is C17H19N3O2. The zero-order valence-electron chi connectivity index (χ0n) is 12.3. The lowest BCUT2D eigenvalue weighted by Crippen LogP contribution is -2.44. The molecular weight excluding hydrogens is 278 g/mol. The van der Waals surface area contributed by atoms with E-state index < -0.39 is 5.60 Å². The van der Waals surface area contributed by atoms with Gasteiger partial charge in [-0.25, -0.2) is 4.98 Å². The van der Waals surface area contributed by atoms with Crippen LogP contribution in [0.4, 0.5) is 0 Å². The van der Waals surface area contributed by atoms with Crippen molar-refractivity contribution < 1.29 is 9.90 Å². The molecule has 4 rings (SSSR count). The predicted octanol–water partition coefficient (Wildman–Crippen LogP) is 1.86. The summed E-state index contributed by atoms with van der Waals surface area (Å²) in [5.74, 6) is -0.364. The first-order valence-electron chi connectivity index (χ1n) is 7.73. The van der Waals surface area contributed by atoms with E-state index in [0.29, 0.717) is 25.7 Å². The van der Waals surface area contributed by atoms with Gasteiger partial charge in [0.25, 0.3) is 0 Å². The highest BCUT2D eigenvalue weighted by molar-refractivity contribution is 5.76. The van der Waals surface area contributed by atoms with Gasteiger partial charge in [-0.2, -0.15) is 0 Å². The highest BCUT2D eigenvalue weighted by atomic mass is 16.3. The number of rotatable bonds is 2. The number of nitrogens with zero attached hydrogens (tertiary/aromatic N) is 2. The van der Waals surface area contributed by atoms with Gasteiger partial charge in [-0.15, -0.1) is 0 Å². The number of amides is 1. The molecule has 1 aliphatic heterocycles. The van der Waals surface area contributed by atoms with E-state index in [-0.39, 0.29) is 17.9 Å². The first-order valence-corrected chi connectivity index (χ1v) is 7.73. The number of imidazole rings is 1. The van der Waals surface area contributed by atoms with Gasteiger partial charge in [0.15, 0.2) is 0 Å². The van der Waals surface area contributed by atoms with Crippen LogP contribution in [0.3, 0.4) is 0 Å². The molecule has 1 aromatic carbocycles. The van der Waals surface area contributed by atoms with Crippen LogP contribution in [0.1, 0.15) is 37.3 Å². The van der Waals surface area contributed by atoms with E-state index in [1.807, 2.05) is 18.3 Å². The Bertz CT molecular complexity index is 729. The van der Waals surface area contributed by atoms with Gasteiger partial charge in [0, 0.05) is 11.5 Å². The minimum Gasteiger partial charge on any atom is -0.387 e. The first-order chi connectivity index (χ1) is 10.6. The van der Waals surface area contributed by atoms with E-state index in [9.17, 15) is 9.90 Å². The average Bonchev–Trinajstić information content (AvgIpc) is 3.07. The average molecular weight is 297 g/mol. The molecule has 0 radical (unpaired) electrons. The van der Waals surface area contributed by atoms with Crippen LogP contribution in [-0.4, -0.2) is 26.2 Å². The van der Waals surface area contributed by atoms with Crippen molar-refractivity contribution in [3.63, 3.8) is 0 Å². The molecule has 2 heterocycles. The molecule has 0 spiro atoms. The fraction of sp³-hybridized carbons (Fsp3) is 0.412. The smallest absolute Gasteiger partial charge is 0.220 e. The van der Waals surface area contributed by atoms with Crippen LogP contribution in [0.15, 0.2) is 36.8 Å². The Morgan fingerprint density at radius 3 is 2.77 bits per heavy atom. The van der Waals surface area contributed by atoms with E-state index in [0.717, 1.165) is 16.8 Å².